The number of methoxy groups -OCH3 is 2. The number of aliphatic imine (C=N–C) groups is 1. The topological polar surface area (TPSA) is 46.1 Å². The van der Waals surface area contributed by atoms with Gasteiger partial charge in [0.2, 0.25) is 0 Å². The van der Waals surface area contributed by atoms with Crippen LogP contribution in [-0.4, -0.2) is 25.6 Å². The summed E-state index contributed by atoms with van der Waals surface area (Å²) in [5.41, 5.74) is 6.30. The Labute approximate surface area is 135 Å². The van der Waals surface area contributed by atoms with Gasteiger partial charge in [-0.1, -0.05) is 18.2 Å². The predicted octanol–water partition coefficient (Wildman–Crippen LogP) is 3.63. The number of nitrogens with one attached hydrogen (secondary N) is 1. The van der Waals surface area contributed by atoms with Crippen LogP contribution in [0.1, 0.15) is 5.56 Å². The van der Waals surface area contributed by atoms with Gasteiger partial charge >= 0.3 is 0 Å². The number of halogens is 1. The van der Waals surface area contributed by atoms with Crippen molar-refractivity contribution in [2.24, 2.45) is 4.99 Å². The van der Waals surface area contributed by atoms with E-state index in [-0.39, 0.29) is 12.4 Å². The van der Waals surface area contributed by atoms with Crippen molar-refractivity contribution in [3.63, 3.8) is 0 Å². The molecule has 0 aliphatic carbocycles. The highest BCUT2D eigenvalue weighted by molar-refractivity contribution is 5.85. The zero-order chi connectivity index (χ0) is 14.7. The summed E-state index contributed by atoms with van der Waals surface area (Å²) < 4.78 is 10.6. The summed E-state index contributed by atoms with van der Waals surface area (Å²) >= 11 is 0. The Morgan fingerprint density at radius 1 is 1.05 bits per heavy atom. The molecule has 3 rings (SSSR count). The number of fused-ring (bicyclic) bond motifs is 1. The van der Waals surface area contributed by atoms with Gasteiger partial charge in [-0.25, -0.2) is 4.99 Å². The first-order valence-electron chi connectivity index (χ1n) is 6.67. The summed E-state index contributed by atoms with van der Waals surface area (Å²) in [7, 11) is 3.26. The second-order valence-corrected chi connectivity index (χ2v) is 4.69. The minimum Gasteiger partial charge on any atom is -0.493 e. The third kappa shape index (κ3) is 3.26. The van der Waals surface area contributed by atoms with Crippen molar-refractivity contribution in [3.05, 3.63) is 48.0 Å². The van der Waals surface area contributed by atoms with E-state index in [0.29, 0.717) is 18.0 Å². The van der Waals surface area contributed by atoms with Crippen LogP contribution in [0.3, 0.4) is 0 Å². The van der Waals surface area contributed by atoms with E-state index in [1.54, 1.807) is 20.6 Å². The SMILES string of the molecule is COc1cc2c(cc1OC)N=CN(Nc1ccccc1)C2.Cl. The molecule has 0 saturated heterocycles. The summed E-state index contributed by atoms with van der Waals surface area (Å²) in [5.74, 6) is 1.41. The number of anilines is 1. The fourth-order valence-corrected chi connectivity index (χ4v) is 2.26. The number of hydrogen-bond acceptors (Lipinski definition) is 5. The molecule has 6 heteroatoms. The van der Waals surface area contributed by atoms with E-state index in [0.717, 1.165) is 16.9 Å². The maximum atomic E-state index is 5.34. The Morgan fingerprint density at radius 3 is 2.41 bits per heavy atom. The number of para-hydroxylation sites is 1. The quantitative estimate of drug-likeness (QED) is 0.934. The van der Waals surface area contributed by atoms with Gasteiger partial charge in [-0.3, -0.25) is 10.4 Å². The molecule has 22 heavy (non-hydrogen) atoms. The minimum absolute atomic E-state index is 0. The predicted molar refractivity (Wildman–Crippen MR) is 90.6 cm³/mol. The highest BCUT2D eigenvalue weighted by Crippen LogP contribution is 2.36. The summed E-state index contributed by atoms with van der Waals surface area (Å²) in [6, 6.07) is 13.9. The van der Waals surface area contributed by atoms with E-state index < -0.39 is 0 Å². The van der Waals surface area contributed by atoms with E-state index >= 15 is 0 Å². The molecule has 0 aromatic heterocycles. The third-order valence-electron chi connectivity index (χ3n) is 3.31. The molecule has 0 amide bonds. The van der Waals surface area contributed by atoms with Crippen LogP contribution >= 0.6 is 12.4 Å². The van der Waals surface area contributed by atoms with Crippen LogP contribution < -0.4 is 14.9 Å². The lowest BCUT2D eigenvalue weighted by Gasteiger charge is -2.26. The Hall–Kier alpha value is -2.40. The molecule has 0 fully saturated rings. The summed E-state index contributed by atoms with van der Waals surface area (Å²) in [6.45, 7) is 0.702. The van der Waals surface area contributed by atoms with Crippen LogP contribution in [-0.2, 0) is 6.54 Å². The molecule has 1 aliphatic rings. The Bertz CT molecular complexity index is 662. The van der Waals surface area contributed by atoms with Crippen molar-refractivity contribution in [1.82, 2.24) is 5.01 Å². The molecule has 0 radical (unpaired) electrons. The monoisotopic (exact) mass is 319 g/mol. The zero-order valence-electron chi connectivity index (χ0n) is 12.4. The maximum Gasteiger partial charge on any atom is 0.162 e. The normalized spacial score (nSPS) is 12.2. The molecule has 5 nitrogen and oxygen atoms in total. The van der Waals surface area contributed by atoms with Gasteiger partial charge in [0.1, 0.15) is 6.34 Å². The molecule has 0 spiro atoms. The van der Waals surface area contributed by atoms with Gasteiger partial charge in [-0.2, -0.15) is 0 Å². The van der Waals surface area contributed by atoms with Crippen LogP contribution in [0.2, 0.25) is 0 Å². The third-order valence-corrected chi connectivity index (χ3v) is 3.31. The van der Waals surface area contributed by atoms with Gasteiger partial charge in [0, 0.05) is 11.6 Å². The van der Waals surface area contributed by atoms with E-state index in [1.165, 1.54) is 0 Å². The van der Waals surface area contributed by atoms with Gasteiger partial charge in [0.05, 0.1) is 32.1 Å². The molecule has 0 bridgehead atoms. The first-order valence-corrected chi connectivity index (χ1v) is 6.67. The standard InChI is InChI=1S/C16H17N3O2.ClH/c1-20-15-8-12-10-19(18-13-6-4-3-5-7-13)11-17-14(12)9-16(15)21-2;/h3-9,11,18H,10H2,1-2H3;1H. The van der Waals surface area contributed by atoms with E-state index in [9.17, 15) is 0 Å². The van der Waals surface area contributed by atoms with E-state index in [2.05, 4.69) is 10.4 Å². The smallest absolute Gasteiger partial charge is 0.162 e. The Balaban J connectivity index is 0.00000176. The van der Waals surface area contributed by atoms with Crippen molar-refractivity contribution >= 4 is 30.1 Å². The van der Waals surface area contributed by atoms with Crippen molar-refractivity contribution < 1.29 is 9.47 Å². The molecular weight excluding hydrogens is 302 g/mol. The Kier molecular flexibility index (Phi) is 5.12. The van der Waals surface area contributed by atoms with Gasteiger partial charge in [0.15, 0.2) is 11.5 Å². The van der Waals surface area contributed by atoms with Crippen LogP contribution in [0.5, 0.6) is 11.5 Å². The lowest BCUT2D eigenvalue weighted by molar-refractivity contribution is 0.354. The molecule has 116 valence electrons. The molecule has 1 heterocycles. The van der Waals surface area contributed by atoms with Crippen LogP contribution in [0.4, 0.5) is 11.4 Å². The molecule has 1 aliphatic heterocycles. The number of ether oxygens (including phenoxy) is 2. The maximum absolute atomic E-state index is 5.34. The van der Waals surface area contributed by atoms with Crippen molar-refractivity contribution in [2.45, 2.75) is 6.54 Å². The van der Waals surface area contributed by atoms with Gasteiger partial charge in [-0.15, -0.1) is 12.4 Å². The van der Waals surface area contributed by atoms with E-state index in [4.69, 9.17) is 9.47 Å². The van der Waals surface area contributed by atoms with Crippen LogP contribution in [0.25, 0.3) is 0 Å². The average Bonchev–Trinajstić information content (AvgIpc) is 2.54. The second kappa shape index (κ2) is 7.04. The molecule has 0 unspecified atom stereocenters. The van der Waals surface area contributed by atoms with Gasteiger partial charge in [0.25, 0.3) is 0 Å². The largest absolute Gasteiger partial charge is 0.493 e. The van der Waals surface area contributed by atoms with Crippen molar-refractivity contribution in [1.29, 1.82) is 0 Å². The number of hydrogen-bond donors (Lipinski definition) is 1. The molecular formula is C16H18ClN3O2. The van der Waals surface area contributed by atoms with Gasteiger partial charge in [-0.05, 0) is 18.2 Å². The van der Waals surface area contributed by atoms with E-state index in [1.807, 2.05) is 47.5 Å². The summed E-state index contributed by atoms with van der Waals surface area (Å²) in [4.78, 5) is 4.46. The average molecular weight is 320 g/mol. The first-order chi connectivity index (χ1) is 10.3. The number of rotatable bonds is 4. The molecule has 2 aromatic carbocycles. The lowest BCUT2D eigenvalue weighted by Crippen LogP contribution is -2.29. The first kappa shape index (κ1) is 16.0. The number of nitrogens with zero attached hydrogens (tertiary/aromatic N) is 2. The highest BCUT2D eigenvalue weighted by Gasteiger charge is 2.16. The minimum atomic E-state index is 0. The fourth-order valence-electron chi connectivity index (χ4n) is 2.26. The van der Waals surface area contributed by atoms with Crippen molar-refractivity contribution in [3.8, 4) is 11.5 Å². The molecule has 0 saturated carbocycles. The number of benzene rings is 2. The Morgan fingerprint density at radius 2 is 1.73 bits per heavy atom. The van der Waals surface area contributed by atoms with Crippen LogP contribution in [0, 0.1) is 0 Å². The second-order valence-electron chi connectivity index (χ2n) is 4.69. The molecule has 0 atom stereocenters. The zero-order valence-corrected chi connectivity index (χ0v) is 13.3. The molecule has 2 aromatic rings. The van der Waals surface area contributed by atoms with Crippen LogP contribution in [0.15, 0.2) is 47.5 Å². The lowest BCUT2D eigenvalue weighted by atomic mass is 10.1. The highest BCUT2D eigenvalue weighted by atomic mass is 35.5. The molecule has 1 N–H and O–H groups in total. The fraction of sp³-hybridized carbons (Fsp3) is 0.188. The summed E-state index contributed by atoms with van der Waals surface area (Å²) in [6.07, 6.45) is 1.78. The summed E-state index contributed by atoms with van der Waals surface area (Å²) in [5, 5.41) is 1.93. The van der Waals surface area contributed by atoms with Crippen molar-refractivity contribution in [2.75, 3.05) is 19.6 Å². The number of hydrazine groups is 1. The van der Waals surface area contributed by atoms with Gasteiger partial charge < -0.3 is 9.47 Å².